The molecule has 2 N–H and O–H groups in total. The van der Waals surface area contributed by atoms with E-state index in [1.807, 2.05) is 33.8 Å². The fourth-order valence-electron chi connectivity index (χ4n) is 2.14. The third kappa shape index (κ3) is 14.4. The highest BCUT2D eigenvalue weighted by Gasteiger charge is 2.14. The molecule has 33 heavy (non-hydrogen) atoms. The Morgan fingerprint density at radius 2 is 1.73 bits per heavy atom. The number of nitrogens with one attached hydrogen (secondary N) is 2. The Morgan fingerprint density at radius 1 is 1.15 bits per heavy atom. The number of aliphatic imine (C=N–C) groups is 1. The molecule has 0 aliphatic carbocycles. The summed E-state index contributed by atoms with van der Waals surface area (Å²) in [5.74, 6) is -0.137. The van der Waals surface area contributed by atoms with Gasteiger partial charge in [0.25, 0.3) is 5.91 Å². The predicted molar refractivity (Wildman–Crippen MR) is 137 cm³/mol. The maximum atomic E-state index is 14.5. The van der Waals surface area contributed by atoms with Gasteiger partial charge in [-0.2, -0.15) is 0 Å². The maximum Gasteiger partial charge on any atom is 0.255 e. The van der Waals surface area contributed by atoms with E-state index in [0.717, 1.165) is 0 Å². The van der Waals surface area contributed by atoms with Crippen molar-refractivity contribution in [3.8, 4) is 0 Å². The van der Waals surface area contributed by atoms with Crippen molar-refractivity contribution in [3.63, 3.8) is 0 Å². The number of pyridine rings is 1. The first-order valence-electron chi connectivity index (χ1n) is 11.2. The van der Waals surface area contributed by atoms with Gasteiger partial charge >= 0.3 is 0 Å². The standard InChI is InChI=1S/C18H18FN3O2.C3H7N.C3H8.C2H6/c1-2-13(17(19)14-6-4-3-5-7-14)11-21-18(24)15-8-9-20-16(10-15)22-12-23;1-3-4-2;1-3-2;1-2/h3-12,17H,2H2,1H3,(H,21,24)(H,20,22,23);3H,1-2H3;3H2,1-2H3;1-2H3/b13-11-;;;. The monoisotopic (exact) mass is 458 g/mol. The molecule has 2 aromatic rings. The van der Waals surface area contributed by atoms with E-state index in [1.165, 1.54) is 31.0 Å². The van der Waals surface area contributed by atoms with Crippen molar-refractivity contribution >= 4 is 24.3 Å². The van der Waals surface area contributed by atoms with Crippen LogP contribution in [0.15, 0.2) is 65.4 Å². The summed E-state index contributed by atoms with van der Waals surface area (Å²) in [5, 5.41) is 4.96. The van der Waals surface area contributed by atoms with Gasteiger partial charge in [0.05, 0.1) is 0 Å². The van der Waals surface area contributed by atoms with Crippen molar-refractivity contribution in [2.45, 2.75) is 60.6 Å². The molecule has 1 atom stereocenters. The molecule has 0 aliphatic heterocycles. The number of halogens is 1. The molecule has 0 saturated heterocycles. The van der Waals surface area contributed by atoms with Crippen molar-refractivity contribution in [1.82, 2.24) is 10.3 Å². The lowest BCUT2D eigenvalue weighted by molar-refractivity contribution is -0.105. The zero-order chi connectivity index (χ0) is 25.5. The number of carbonyl (C=O) groups excluding carboxylic acids is 2. The molecule has 2 rings (SSSR count). The minimum absolute atomic E-state index is 0.269. The molecule has 2 amide bonds. The fraction of sp³-hybridized carbons (Fsp3) is 0.385. The Balaban J connectivity index is 0. The van der Waals surface area contributed by atoms with Gasteiger partial charge in [-0.25, -0.2) is 9.37 Å². The number of alkyl halides is 1. The number of amides is 2. The van der Waals surface area contributed by atoms with Gasteiger partial charge in [0.1, 0.15) is 12.0 Å². The van der Waals surface area contributed by atoms with Crippen LogP contribution in [0.25, 0.3) is 0 Å². The van der Waals surface area contributed by atoms with Gasteiger partial charge in [0.15, 0.2) is 0 Å². The van der Waals surface area contributed by atoms with Gasteiger partial charge in [-0.05, 0) is 42.8 Å². The summed E-state index contributed by atoms with van der Waals surface area (Å²) in [5.41, 5.74) is 1.33. The number of anilines is 1. The SMILES string of the molecule is CC.CC/C(=C/NC(=O)c1ccnc(NC=O)c1)C(F)c1ccccc1.CC=NC.CCC. The van der Waals surface area contributed by atoms with Crippen LogP contribution in [0.2, 0.25) is 0 Å². The zero-order valence-corrected chi connectivity index (χ0v) is 20.9. The largest absolute Gasteiger partial charge is 0.329 e. The highest BCUT2D eigenvalue weighted by atomic mass is 19.1. The number of benzene rings is 1. The van der Waals surface area contributed by atoms with Crippen molar-refractivity contribution in [1.29, 1.82) is 0 Å². The van der Waals surface area contributed by atoms with Crippen LogP contribution in [0.4, 0.5) is 10.2 Å². The molecule has 1 aromatic heterocycles. The highest BCUT2D eigenvalue weighted by Crippen LogP contribution is 2.27. The van der Waals surface area contributed by atoms with Crippen LogP contribution >= 0.6 is 0 Å². The molecule has 1 aromatic carbocycles. The van der Waals surface area contributed by atoms with Gasteiger partial charge in [0.2, 0.25) is 6.41 Å². The van der Waals surface area contributed by atoms with E-state index in [-0.39, 0.29) is 5.82 Å². The molecule has 1 heterocycles. The second kappa shape index (κ2) is 21.9. The Hall–Kier alpha value is -3.35. The molecule has 1 unspecified atom stereocenters. The van der Waals surface area contributed by atoms with Gasteiger partial charge in [-0.3, -0.25) is 9.59 Å². The predicted octanol–water partition coefficient (Wildman–Crippen LogP) is 6.53. The molecule has 0 radical (unpaired) electrons. The van der Waals surface area contributed by atoms with Crippen molar-refractivity contribution in [3.05, 3.63) is 71.6 Å². The van der Waals surface area contributed by atoms with Crippen LogP contribution in [0.5, 0.6) is 0 Å². The summed E-state index contributed by atoms with van der Waals surface area (Å²) >= 11 is 0. The van der Waals surface area contributed by atoms with Crippen LogP contribution in [0.1, 0.15) is 76.5 Å². The normalized spacial score (nSPS) is 10.8. The van der Waals surface area contributed by atoms with Gasteiger partial charge in [-0.15, -0.1) is 0 Å². The van der Waals surface area contributed by atoms with Crippen molar-refractivity contribution in [2.24, 2.45) is 4.99 Å². The molecule has 0 spiro atoms. The number of carbonyl (C=O) groups is 2. The van der Waals surface area contributed by atoms with Gasteiger partial charge < -0.3 is 15.6 Å². The lowest BCUT2D eigenvalue weighted by Gasteiger charge is -2.12. The lowest BCUT2D eigenvalue weighted by atomic mass is 10.0. The first-order valence-corrected chi connectivity index (χ1v) is 11.2. The maximum absolute atomic E-state index is 14.5. The van der Waals surface area contributed by atoms with Crippen LogP contribution in [-0.2, 0) is 4.79 Å². The van der Waals surface area contributed by atoms with Crippen molar-refractivity contribution in [2.75, 3.05) is 12.4 Å². The van der Waals surface area contributed by atoms with E-state index < -0.39 is 12.1 Å². The summed E-state index contributed by atoms with van der Waals surface area (Å²) in [4.78, 5) is 30.1. The second-order valence-corrected chi connectivity index (χ2v) is 6.23. The van der Waals surface area contributed by atoms with E-state index in [9.17, 15) is 14.0 Å². The molecule has 0 bridgehead atoms. The average Bonchev–Trinajstić information content (AvgIpc) is 2.87. The molecule has 6 nitrogen and oxygen atoms in total. The van der Waals surface area contributed by atoms with E-state index in [0.29, 0.717) is 29.5 Å². The second-order valence-electron chi connectivity index (χ2n) is 6.23. The third-order valence-corrected chi connectivity index (χ3v) is 3.70. The van der Waals surface area contributed by atoms with Gasteiger partial charge in [0, 0.05) is 25.0 Å². The Kier molecular flexibility index (Phi) is 21.1. The average molecular weight is 459 g/mol. The summed E-state index contributed by atoms with van der Waals surface area (Å²) in [6.07, 6.45) is 5.47. The van der Waals surface area contributed by atoms with E-state index in [4.69, 9.17) is 0 Å². The minimum Gasteiger partial charge on any atom is -0.329 e. The number of aromatic nitrogens is 1. The van der Waals surface area contributed by atoms with Crippen LogP contribution < -0.4 is 10.6 Å². The summed E-state index contributed by atoms with van der Waals surface area (Å²) in [7, 11) is 1.75. The number of allylic oxidation sites excluding steroid dienone is 1. The molecule has 0 fully saturated rings. The van der Waals surface area contributed by atoms with Gasteiger partial charge in [-0.1, -0.05) is 71.4 Å². The van der Waals surface area contributed by atoms with E-state index in [1.54, 1.807) is 37.5 Å². The van der Waals surface area contributed by atoms with Crippen LogP contribution in [0.3, 0.4) is 0 Å². The van der Waals surface area contributed by atoms with Crippen LogP contribution in [-0.4, -0.2) is 30.6 Å². The Morgan fingerprint density at radius 3 is 2.21 bits per heavy atom. The molecule has 7 heteroatoms. The van der Waals surface area contributed by atoms with E-state index in [2.05, 4.69) is 34.5 Å². The third-order valence-electron chi connectivity index (χ3n) is 3.70. The Labute approximate surface area is 198 Å². The number of hydrogen-bond acceptors (Lipinski definition) is 4. The first-order chi connectivity index (χ1) is 16.0. The lowest BCUT2D eigenvalue weighted by Crippen LogP contribution is -2.19. The summed E-state index contributed by atoms with van der Waals surface area (Å²) in [6.45, 7) is 12.0. The summed E-state index contributed by atoms with van der Waals surface area (Å²) in [6, 6.07) is 11.7. The van der Waals surface area contributed by atoms with Crippen molar-refractivity contribution < 1.29 is 14.0 Å². The first kappa shape index (κ1) is 31.8. The topological polar surface area (TPSA) is 83.5 Å². The smallest absolute Gasteiger partial charge is 0.255 e. The number of nitrogens with zero attached hydrogens (tertiary/aromatic N) is 2. The molecule has 182 valence electrons. The quantitative estimate of drug-likeness (QED) is 0.365. The van der Waals surface area contributed by atoms with Crippen LogP contribution in [0, 0.1) is 0 Å². The number of rotatable bonds is 7. The molecular formula is C26H39FN4O2. The molecule has 0 saturated carbocycles. The zero-order valence-electron chi connectivity index (χ0n) is 20.9. The highest BCUT2D eigenvalue weighted by molar-refractivity contribution is 5.95. The molecular weight excluding hydrogens is 419 g/mol. The van der Waals surface area contributed by atoms with E-state index >= 15 is 0 Å². The Bertz CT molecular complexity index is 820. The fourth-order valence-corrected chi connectivity index (χ4v) is 2.14. The molecule has 0 aliphatic rings. The minimum atomic E-state index is -1.28. The number of hydrogen-bond donors (Lipinski definition) is 2. The summed E-state index contributed by atoms with van der Waals surface area (Å²) < 4.78 is 14.5.